The Morgan fingerprint density at radius 3 is 2.76 bits per heavy atom. The first-order valence-electron chi connectivity index (χ1n) is 8.08. The van der Waals surface area contributed by atoms with Crippen LogP contribution in [0.3, 0.4) is 0 Å². The second-order valence-electron chi connectivity index (χ2n) is 6.19. The molecule has 0 spiro atoms. The number of nitrogens with zero attached hydrogens (tertiary/aromatic N) is 3. The molecule has 8 heteroatoms. The van der Waals surface area contributed by atoms with Crippen LogP contribution in [0.2, 0.25) is 0 Å². The van der Waals surface area contributed by atoms with Gasteiger partial charge in [-0.1, -0.05) is 12.1 Å². The van der Waals surface area contributed by atoms with Gasteiger partial charge in [0.1, 0.15) is 17.8 Å². The van der Waals surface area contributed by atoms with Crippen LogP contribution in [0.15, 0.2) is 30.6 Å². The van der Waals surface area contributed by atoms with Crippen molar-refractivity contribution in [2.45, 2.75) is 12.5 Å². The molecular formula is C17H21FN6O. The van der Waals surface area contributed by atoms with Crippen molar-refractivity contribution in [2.75, 3.05) is 43.1 Å². The molecular weight excluding hydrogens is 323 g/mol. The number of carbonyl (C=O) groups excluding carboxylic acids is 1. The van der Waals surface area contributed by atoms with Crippen molar-refractivity contribution in [2.24, 2.45) is 0 Å². The van der Waals surface area contributed by atoms with Gasteiger partial charge in [-0.2, -0.15) is 0 Å². The summed E-state index contributed by atoms with van der Waals surface area (Å²) in [6, 6.07) is 6.32. The van der Waals surface area contributed by atoms with Crippen molar-refractivity contribution in [3.8, 4) is 0 Å². The molecule has 1 amide bonds. The topological polar surface area (TPSA) is 82.2 Å². The smallest absolute Gasteiger partial charge is 0.243 e. The molecule has 1 atom stereocenters. The van der Waals surface area contributed by atoms with Crippen molar-refractivity contribution in [3.05, 3.63) is 42.0 Å². The van der Waals surface area contributed by atoms with Crippen LogP contribution in [0, 0.1) is 5.82 Å². The third-order valence-corrected chi connectivity index (χ3v) is 3.98. The van der Waals surface area contributed by atoms with Gasteiger partial charge in [0.05, 0.1) is 12.6 Å². The van der Waals surface area contributed by atoms with E-state index >= 15 is 0 Å². The van der Waals surface area contributed by atoms with Gasteiger partial charge in [-0.15, -0.1) is 0 Å². The number of carbonyl (C=O) groups is 1. The maximum atomic E-state index is 13.3. The summed E-state index contributed by atoms with van der Waals surface area (Å²) >= 11 is 0. The molecule has 3 rings (SSSR count). The maximum absolute atomic E-state index is 13.3. The fourth-order valence-electron chi connectivity index (χ4n) is 2.66. The van der Waals surface area contributed by atoms with Gasteiger partial charge in [0.15, 0.2) is 11.6 Å². The number of aromatic nitrogens is 2. The highest BCUT2D eigenvalue weighted by Crippen LogP contribution is 2.32. The summed E-state index contributed by atoms with van der Waals surface area (Å²) in [5.74, 6) is 0.712. The number of amides is 1. The molecule has 7 nitrogen and oxygen atoms in total. The highest BCUT2D eigenvalue weighted by Gasteiger charge is 2.22. The fourth-order valence-corrected chi connectivity index (χ4v) is 2.66. The molecule has 3 N–H and O–H groups in total. The summed E-state index contributed by atoms with van der Waals surface area (Å²) in [6.07, 6.45) is 2.23. The van der Waals surface area contributed by atoms with E-state index < -0.39 is 0 Å². The van der Waals surface area contributed by atoms with Gasteiger partial charge in [-0.3, -0.25) is 4.79 Å². The second-order valence-corrected chi connectivity index (χ2v) is 6.19. The second kappa shape index (κ2) is 7.43. The van der Waals surface area contributed by atoms with E-state index in [2.05, 4.69) is 30.8 Å². The zero-order valence-corrected chi connectivity index (χ0v) is 14.2. The summed E-state index contributed by atoms with van der Waals surface area (Å²) in [6.45, 7) is 1.03. The van der Waals surface area contributed by atoms with Crippen molar-refractivity contribution in [3.63, 3.8) is 0 Å². The van der Waals surface area contributed by atoms with E-state index in [9.17, 15) is 9.18 Å². The molecule has 0 saturated carbocycles. The Labute approximate surface area is 145 Å². The zero-order valence-electron chi connectivity index (χ0n) is 14.2. The van der Waals surface area contributed by atoms with Gasteiger partial charge in [-0.25, -0.2) is 14.4 Å². The molecule has 2 aromatic rings. The quantitative estimate of drug-likeness (QED) is 0.744. The molecule has 1 aromatic heterocycles. The average Bonchev–Trinajstić information content (AvgIpc) is 2.59. The SMILES string of the molecule is CN(C)CC[C@H](Nc1ncnc2c1NC(=O)CN2)c1ccc(F)cc1. The molecule has 1 aliphatic rings. The van der Waals surface area contributed by atoms with E-state index in [-0.39, 0.29) is 24.3 Å². The molecule has 25 heavy (non-hydrogen) atoms. The Kier molecular flexibility index (Phi) is 5.08. The predicted octanol–water partition coefficient (Wildman–Crippen LogP) is 2.08. The summed E-state index contributed by atoms with van der Waals surface area (Å²) in [4.78, 5) is 22.2. The first-order valence-corrected chi connectivity index (χ1v) is 8.08. The Balaban J connectivity index is 1.87. The number of nitrogens with one attached hydrogen (secondary N) is 3. The van der Waals surface area contributed by atoms with E-state index in [4.69, 9.17) is 0 Å². The minimum Gasteiger partial charge on any atom is -0.361 e. The van der Waals surface area contributed by atoms with Gasteiger partial charge in [0.25, 0.3) is 0 Å². The minimum absolute atomic E-state index is 0.0826. The standard InChI is InChI=1S/C17H21FN6O/c1-24(2)8-7-13(11-3-5-12(18)6-4-11)22-17-15-16(20-10-21-17)19-9-14(25)23-15/h3-6,10,13H,7-9H2,1-2H3,(H,23,25)(H2,19,20,21,22)/t13-/m0/s1. The lowest BCUT2D eigenvalue weighted by Gasteiger charge is -2.25. The Hall–Kier alpha value is -2.74. The molecule has 0 aliphatic carbocycles. The zero-order chi connectivity index (χ0) is 17.8. The van der Waals surface area contributed by atoms with Crippen LogP contribution in [0.5, 0.6) is 0 Å². The molecule has 0 saturated heterocycles. The van der Waals surface area contributed by atoms with Gasteiger partial charge in [-0.05, 0) is 44.8 Å². The summed E-state index contributed by atoms with van der Waals surface area (Å²) < 4.78 is 13.3. The van der Waals surface area contributed by atoms with Gasteiger partial charge >= 0.3 is 0 Å². The van der Waals surface area contributed by atoms with Crippen LogP contribution in [0.4, 0.5) is 21.7 Å². The van der Waals surface area contributed by atoms with Crippen LogP contribution in [0.25, 0.3) is 0 Å². The van der Waals surface area contributed by atoms with Crippen molar-refractivity contribution >= 4 is 23.2 Å². The third-order valence-electron chi connectivity index (χ3n) is 3.98. The van der Waals surface area contributed by atoms with Crippen molar-refractivity contribution in [1.29, 1.82) is 0 Å². The molecule has 2 heterocycles. The number of hydrogen-bond acceptors (Lipinski definition) is 6. The maximum Gasteiger partial charge on any atom is 0.243 e. The molecule has 132 valence electrons. The highest BCUT2D eigenvalue weighted by molar-refractivity contribution is 6.02. The first-order chi connectivity index (χ1) is 12.0. The number of hydrogen-bond donors (Lipinski definition) is 3. The summed E-state index contributed by atoms with van der Waals surface area (Å²) in [5, 5.41) is 9.13. The molecule has 0 bridgehead atoms. The van der Waals surface area contributed by atoms with E-state index in [1.54, 1.807) is 12.1 Å². The number of anilines is 3. The predicted molar refractivity (Wildman–Crippen MR) is 95.1 cm³/mol. The Morgan fingerprint density at radius 1 is 1.28 bits per heavy atom. The largest absolute Gasteiger partial charge is 0.361 e. The lowest BCUT2D eigenvalue weighted by molar-refractivity contribution is -0.114. The minimum atomic E-state index is -0.272. The summed E-state index contributed by atoms with van der Waals surface area (Å²) in [5.41, 5.74) is 1.49. The number of rotatable bonds is 6. The normalized spacial score (nSPS) is 14.5. The fraction of sp³-hybridized carbons (Fsp3) is 0.353. The van der Waals surface area contributed by atoms with Crippen LogP contribution in [0.1, 0.15) is 18.0 Å². The number of fused-ring (bicyclic) bond motifs is 1. The average molecular weight is 344 g/mol. The van der Waals surface area contributed by atoms with E-state index in [0.29, 0.717) is 17.3 Å². The molecule has 1 aliphatic heterocycles. The van der Waals surface area contributed by atoms with Crippen molar-refractivity contribution in [1.82, 2.24) is 14.9 Å². The number of halogens is 1. The molecule has 0 radical (unpaired) electrons. The Morgan fingerprint density at radius 2 is 2.04 bits per heavy atom. The molecule has 0 unspecified atom stereocenters. The highest BCUT2D eigenvalue weighted by atomic mass is 19.1. The van der Waals surface area contributed by atoms with Gasteiger partial charge in [0, 0.05) is 0 Å². The lowest BCUT2D eigenvalue weighted by Crippen LogP contribution is -2.29. The van der Waals surface area contributed by atoms with E-state index in [0.717, 1.165) is 18.5 Å². The van der Waals surface area contributed by atoms with Crippen LogP contribution < -0.4 is 16.0 Å². The van der Waals surface area contributed by atoms with E-state index in [1.165, 1.54) is 18.5 Å². The molecule has 1 aromatic carbocycles. The lowest BCUT2D eigenvalue weighted by atomic mass is 10.0. The van der Waals surface area contributed by atoms with Crippen LogP contribution in [-0.2, 0) is 4.79 Å². The van der Waals surface area contributed by atoms with Gasteiger partial charge < -0.3 is 20.9 Å². The monoisotopic (exact) mass is 344 g/mol. The summed E-state index contributed by atoms with van der Waals surface area (Å²) in [7, 11) is 4.00. The van der Waals surface area contributed by atoms with Crippen molar-refractivity contribution < 1.29 is 9.18 Å². The third kappa shape index (κ3) is 4.21. The van der Waals surface area contributed by atoms with E-state index in [1.807, 2.05) is 14.1 Å². The Bertz CT molecular complexity index is 749. The first kappa shape index (κ1) is 17.1. The number of benzene rings is 1. The van der Waals surface area contributed by atoms with Gasteiger partial charge in [0.2, 0.25) is 5.91 Å². The molecule has 0 fully saturated rings. The van der Waals surface area contributed by atoms with Crippen LogP contribution in [-0.4, -0.2) is 48.0 Å². The van der Waals surface area contributed by atoms with Crippen LogP contribution >= 0.6 is 0 Å².